The number of carbonyl (C=O) groups is 1. The van der Waals surface area contributed by atoms with Gasteiger partial charge in [-0.15, -0.1) is 0 Å². The highest BCUT2D eigenvalue weighted by molar-refractivity contribution is 7.92. The summed E-state index contributed by atoms with van der Waals surface area (Å²) < 4.78 is 38.5. The molecule has 0 aliphatic carbocycles. The van der Waals surface area contributed by atoms with Crippen LogP contribution in [0, 0.1) is 6.92 Å². The summed E-state index contributed by atoms with van der Waals surface area (Å²) in [7, 11) is -3.77. The Morgan fingerprint density at radius 1 is 1.03 bits per heavy atom. The molecule has 0 atom stereocenters. The number of anilines is 2. The van der Waals surface area contributed by atoms with Gasteiger partial charge in [-0.1, -0.05) is 0 Å². The summed E-state index contributed by atoms with van der Waals surface area (Å²) in [5, 5.41) is 5.42. The van der Waals surface area contributed by atoms with Crippen LogP contribution in [0.25, 0.3) is 6.08 Å². The Bertz CT molecular complexity index is 1250. The maximum Gasteiger partial charge on any atom is 0.261 e. The fraction of sp³-hybridized carbons (Fsp3) is 0.130. The van der Waals surface area contributed by atoms with Gasteiger partial charge < -0.3 is 14.5 Å². The van der Waals surface area contributed by atoms with Crippen LogP contribution in [0.4, 0.5) is 11.4 Å². The molecule has 0 aliphatic rings. The summed E-state index contributed by atoms with van der Waals surface area (Å²) >= 11 is 5.13. The molecule has 0 saturated carbocycles. The Labute approximate surface area is 197 Å². The first kappa shape index (κ1) is 24.0. The number of rotatable bonds is 8. The molecule has 0 aliphatic heterocycles. The van der Waals surface area contributed by atoms with E-state index in [1.54, 1.807) is 48.5 Å². The molecule has 8 nitrogen and oxygen atoms in total. The van der Waals surface area contributed by atoms with Gasteiger partial charge in [0.15, 0.2) is 5.11 Å². The number of carbonyl (C=O) groups excluding carboxylic acids is 1. The molecule has 0 unspecified atom stereocenters. The summed E-state index contributed by atoms with van der Waals surface area (Å²) in [4.78, 5) is 12.1. The van der Waals surface area contributed by atoms with E-state index < -0.39 is 15.9 Å². The van der Waals surface area contributed by atoms with Crippen molar-refractivity contribution in [1.29, 1.82) is 0 Å². The Balaban J connectivity index is 1.55. The van der Waals surface area contributed by atoms with Crippen molar-refractivity contribution in [2.75, 3.05) is 16.6 Å². The maximum absolute atomic E-state index is 12.6. The van der Waals surface area contributed by atoms with Gasteiger partial charge in [0.1, 0.15) is 17.3 Å². The van der Waals surface area contributed by atoms with E-state index in [9.17, 15) is 13.2 Å². The molecule has 3 rings (SSSR count). The number of amides is 1. The van der Waals surface area contributed by atoms with Crippen molar-refractivity contribution < 1.29 is 22.4 Å². The molecule has 0 saturated heterocycles. The highest BCUT2D eigenvalue weighted by Gasteiger charge is 2.14. The number of hydrogen-bond acceptors (Lipinski definition) is 6. The van der Waals surface area contributed by atoms with Crippen molar-refractivity contribution in [2.45, 2.75) is 18.7 Å². The molecule has 3 aromatic rings. The van der Waals surface area contributed by atoms with Crippen LogP contribution in [0.3, 0.4) is 0 Å². The number of sulfonamides is 1. The van der Waals surface area contributed by atoms with Gasteiger partial charge in [-0.3, -0.25) is 14.8 Å². The van der Waals surface area contributed by atoms with Gasteiger partial charge in [-0.05, 0) is 92.8 Å². The average Bonchev–Trinajstić information content (AvgIpc) is 3.19. The third-order valence-corrected chi connectivity index (χ3v) is 5.84. The molecule has 0 fully saturated rings. The molecule has 1 amide bonds. The average molecular weight is 486 g/mol. The first-order valence-corrected chi connectivity index (χ1v) is 11.9. The minimum Gasteiger partial charge on any atom is -0.494 e. The first-order valence-electron chi connectivity index (χ1n) is 9.97. The van der Waals surface area contributed by atoms with Crippen molar-refractivity contribution in [3.05, 3.63) is 78.3 Å². The second-order valence-electron chi connectivity index (χ2n) is 6.81. The van der Waals surface area contributed by atoms with Crippen LogP contribution in [0.15, 0.2) is 76.1 Å². The lowest BCUT2D eigenvalue weighted by atomic mass is 10.3. The summed E-state index contributed by atoms with van der Waals surface area (Å²) in [6.07, 6.45) is 2.83. The van der Waals surface area contributed by atoms with Gasteiger partial charge in [0.25, 0.3) is 10.0 Å². The lowest BCUT2D eigenvalue weighted by Gasteiger charge is -2.11. The van der Waals surface area contributed by atoms with Crippen LogP contribution in [0.1, 0.15) is 18.4 Å². The molecule has 1 heterocycles. The molecule has 0 radical (unpaired) electrons. The summed E-state index contributed by atoms with van der Waals surface area (Å²) in [5.74, 6) is 1.52. The van der Waals surface area contributed by atoms with Crippen LogP contribution >= 0.6 is 12.2 Å². The third kappa shape index (κ3) is 7.19. The van der Waals surface area contributed by atoms with Crippen molar-refractivity contribution in [2.24, 2.45) is 0 Å². The van der Waals surface area contributed by atoms with E-state index in [0.29, 0.717) is 29.5 Å². The molecule has 1 aromatic heterocycles. The first-order chi connectivity index (χ1) is 15.7. The zero-order chi connectivity index (χ0) is 23.8. The van der Waals surface area contributed by atoms with Gasteiger partial charge in [0.05, 0.1) is 11.5 Å². The highest BCUT2D eigenvalue weighted by Crippen LogP contribution is 2.21. The Morgan fingerprint density at radius 2 is 1.70 bits per heavy atom. The maximum atomic E-state index is 12.6. The van der Waals surface area contributed by atoms with E-state index in [1.807, 2.05) is 13.8 Å². The Kier molecular flexibility index (Phi) is 7.86. The van der Waals surface area contributed by atoms with E-state index >= 15 is 0 Å². The van der Waals surface area contributed by atoms with E-state index in [4.69, 9.17) is 21.4 Å². The largest absolute Gasteiger partial charge is 0.494 e. The molecule has 172 valence electrons. The fourth-order valence-corrected chi connectivity index (χ4v) is 4.01. The monoisotopic (exact) mass is 485 g/mol. The third-order valence-electron chi connectivity index (χ3n) is 4.24. The fourth-order valence-electron chi connectivity index (χ4n) is 2.73. The smallest absolute Gasteiger partial charge is 0.261 e. The predicted octanol–water partition coefficient (Wildman–Crippen LogP) is 4.31. The minimum absolute atomic E-state index is 0.0726. The molecule has 0 bridgehead atoms. The predicted molar refractivity (Wildman–Crippen MR) is 132 cm³/mol. The van der Waals surface area contributed by atoms with Crippen LogP contribution < -0.4 is 20.1 Å². The number of aryl methyl sites for hydroxylation is 1. The number of ether oxygens (including phenoxy) is 1. The number of nitrogens with one attached hydrogen (secondary N) is 3. The summed E-state index contributed by atoms with van der Waals surface area (Å²) in [6, 6.07) is 16.1. The second kappa shape index (κ2) is 10.8. The van der Waals surface area contributed by atoms with E-state index in [-0.39, 0.29) is 10.0 Å². The lowest BCUT2D eigenvalue weighted by Crippen LogP contribution is -2.32. The van der Waals surface area contributed by atoms with E-state index in [1.165, 1.54) is 24.3 Å². The SMILES string of the molecule is CCOc1ccc(NS(=O)(=O)c2ccc(NC(=S)NC(=O)/C=C/c3ccc(C)o3)cc2)cc1. The van der Waals surface area contributed by atoms with Crippen LogP contribution in [-0.2, 0) is 14.8 Å². The Hall–Kier alpha value is -3.63. The normalized spacial score (nSPS) is 11.2. The van der Waals surface area contributed by atoms with E-state index in [2.05, 4.69) is 15.4 Å². The highest BCUT2D eigenvalue weighted by atomic mass is 32.2. The van der Waals surface area contributed by atoms with Gasteiger partial charge in [0, 0.05) is 17.5 Å². The van der Waals surface area contributed by atoms with Crippen molar-refractivity contribution in [3.8, 4) is 5.75 Å². The molecule has 0 spiro atoms. The number of hydrogen-bond donors (Lipinski definition) is 3. The number of benzene rings is 2. The molecular weight excluding hydrogens is 462 g/mol. The lowest BCUT2D eigenvalue weighted by molar-refractivity contribution is -0.115. The van der Waals surface area contributed by atoms with Gasteiger partial charge in [0.2, 0.25) is 5.91 Å². The van der Waals surface area contributed by atoms with E-state index in [0.717, 1.165) is 5.76 Å². The summed E-state index contributed by atoms with van der Waals surface area (Å²) in [5.41, 5.74) is 0.938. The summed E-state index contributed by atoms with van der Waals surface area (Å²) in [6.45, 7) is 4.21. The topological polar surface area (TPSA) is 110 Å². The standard InChI is InChI=1S/C23H23N3O5S2/c1-3-30-19-10-5-18(6-11-19)26-33(28,29)21-13-7-17(8-14-21)24-23(32)25-22(27)15-12-20-9-4-16(2)31-20/h4-15,26H,3H2,1-2H3,(H2,24,25,27,32)/b15-12+. The van der Waals surface area contributed by atoms with Gasteiger partial charge >= 0.3 is 0 Å². The number of furan rings is 1. The Morgan fingerprint density at radius 3 is 2.30 bits per heavy atom. The van der Waals surface area contributed by atoms with Crippen LogP contribution in [0.2, 0.25) is 0 Å². The zero-order valence-corrected chi connectivity index (χ0v) is 19.6. The van der Waals surface area contributed by atoms with Gasteiger partial charge in [-0.25, -0.2) is 8.42 Å². The number of thiocarbonyl (C=S) groups is 1. The molecule has 3 N–H and O–H groups in total. The molecule has 2 aromatic carbocycles. The van der Waals surface area contributed by atoms with Crippen molar-refractivity contribution >= 4 is 50.7 Å². The minimum atomic E-state index is -3.77. The molecule has 33 heavy (non-hydrogen) atoms. The van der Waals surface area contributed by atoms with Crippen molar-refractivity contribution in [1.82, 2.24) is 5.32 Å². The van der Waals surface area contributed by atoms with Crippen molar-refractivity contribution in [3.63, 3.8) is 0 Å². The van der Waals surface area contributed by atoms with Crippen LogP contribution in [0.5, 0.6) is 5.75 Å². The zero-order valence-electron chi connectivity index (χ0n) is 18.0. The molecular formula is C23H23N3O5S2. The second-order valence-corrected chi connectivity index (χ2v) is 8.90. The van der Waals surface area contributed by atoms with Crippen LogP contribution in [-0.4, -0.2) is 26.0 Å². The molecule has 10 heteroatoms. The van der Waals surface area contributed by atoms with Gasteiger partial charge in [-0.2, -0.15) is 0 Å². The quantitative estimate of drug-likeness (QED) is 0.322.